The lowest BCUT2D eigenvalue weighted by atomic mass is 10.4. The molecule has 0 saturated heterocycles. The van der Waals surface area contributed by atoms with E-state index in [1.54, 1.807) is 0 Å². The van der Waals surface area contributed by atoms with Crippen molar-refractivity contribution in [2.75, 3.05) is 19.8 Å². The Morgan fingerprint density at radius 3 is 2.23 bits per heavy atom. The zero-order chi connectivity index (χ0) is 10.1. The molecule has 0 spiro atoms. The molecule has 0 aliphatic carbocycles. The Kier molecular flexibility index (Phi) is 8.81. The number of nitrogens with zero attached hydrogens (tertiary/aromatic N) is 1. The molecule has 2 nitrogen and oxygen atoms in total. The highest BCUT2D eigenvalue weighted by atomic mass is 28.3. The summed E-state index contributed by atoms with van der Waals surface area (Å²) in [7, 11) is -0.595. The molecule has 0 saturated carbocycles. The van der Waals surface area contributed by atoms with E-state index in [0.29, 0.717) is 0 Å². The van der Waals surface area contributed by atoms with E-state index in [0.717, 1.165) is 6.67 Å². The van der Waals surface area contributed by atoms with Crippen LogP contribution in [0.4, 0.5) is 0 Å². The molecule has 0 bridgehead atoms. The summed E-state index contributed by atoms with van der Waals surface area (Å²) in [5.74, 6) is 0. The Morgan fingerprint density at radius 1 is 1.15 bits per heavy atom. The zero-order valence-corrected chi connectivity index (χ0v) is 10.9. The number of hydrogen-bond acceptors (Lipinski definition) is 2. The maximum atomic E-state index is 3.68. The van der Waals surface area contributed by atoms with Gasteiger partial charge in [0.15, 0.2) is 0 Å². The maximum absolute atomic E-state index is 3.68. The molecule has 0 rings (SSSR count). The van der Waals surface area contributed by atoms with Gasteiger partial charge < -0.3 is 4.98 Å². The Morgan fingerprint density at radius 2 is 1.77 bits per heavy atom. The number of unbranched alkanes of at least 4 members (excludes halogenated alkanes) is 1. The van der Waals surface area contributed by atoms with Crippen molar-refractivity contribution in [3.63, 3.8) is 0 Å². The van der Waals surface area contributed by atoms with Crippen LogP contribution in [-0.4, -0.2) is 33.6 Å². The highest BCUT2D eigenvalue weighted by molar-refractivity contribution is 6.54. The van der Waals surface area contributed by atoms with E-state index >= 15 is 0 Å². The molecule has 80 valence electrons. The van der Waals surface area contributed by atoms with Gasteiger partial charge in [0.05, 0.1) is 0 Å². The zero-order valence-electron chi connectivity index (χ0n) is 9.77. The lowest BCUT2D eigenvalue weighted by Gasteiger charge is -2.21. The summed E-state index contributed by atoms with van der Waals surface area (Å²) in [6, 6.07) is 1.44. The summed E-state index contributed by atoms with van der Waals surface area (Å²) in [4.78, 5) is 6.12. The Labute approximate surface area is 85.4 Å². The quantitative estimate of drug-likeness (QED) is 0.479. The van der Waals surface area contributed by atoms with Gasteiger partial charge in [0.1, 0.15) is 8.96 Å². The molecular formula is C10H26N2Si. The molecule has 0 aromatic heterocycles. The van der Waals surface area contributed by atoms with Gasteiger partial charge >= 0.3 is 0 Å². The van der Waals surface area contributed by atoms with Gasteiger partial charge in [0, 0.05) is 6.67 Å². The van der Waals surface area contributed by atoms with Crippen molar-refractivity contribution in [1.82, 2.24) is 9.88 Å². The molecule has 0 aromatic rings. The molecule has 0 aromatic carbocycles. The van der Waals surface area contributed by atoms with Gasteiger partial charge in [-0.3, -0.25) is 4.90 Å². The first kappa shape index (κ1) is 13.1. The SMILES string of the molecule is CCCC[SiH](C)NCN(CC)CC. The fourth-order valence-corrected chi connectivity index (χ4v) is 3.14. The third kappa shape index (κ3) is 7.23. The maximum Gasteiger partial charge on any atom is 0.107 e. The summed E-state index contributed by atoms with van der Waals surface area (Å²) >= 11 is 0. The van der Waals surface area contributed by atoms with Crippen molar-refractivity contribution in [2.24, 2.45) is 0 Å². The van der Waals surface area contributed by atoms with E-state index in [9.17, 15) is 0 Å². The van der Waals surface area contributed by atoms with Crippen molar-refractivity contribution >= 4 is 8.96 Å². The van der Waals surface area contributed by atoms with Crippen LogP contribution in [0.2, 0.25) is 12.6 Å². The topological polar surface area (TPSA) is 15.3 Å². The summed E-state index contributed by atoms with van der Waals surface area (Å²) in [5.41, 5.74) is 0. The predicted molar refractivity (Wildman–Crippen MR) is 63.7 cm³/mol. The molecule has 0 aliphatic rings. The van der Waals surface area contributed by atoms with Gasteiger partial charge in [0.2, 0.25) is 0 Å². The molecule has 1 atom stereocenters. The van der Waals surface area contributed by atoms with Gasteiger partial charge in [-0.1, -0.05) is 40.2 Å². The van der Waals surface area contributed by atoms with E-state index < -0.39 is 8.96 Å². The molecule has 0 radical (unpaired) electrons. The van der Waals surface area contributed by atoms with E-state index in [4.69, 9.17) is 0 Å². The van der Waals surface area contributed by atoms with Gasteiger partial charge in [-0.15, -0.1) is 0 Å². The smallest absolute Gasteiger partial charge is 0.107 e. The van der Waals surface area contributed by atoms with Crippen LogP contribution in [0.5, 0.6) is 0 Å². The third-order valence-electron chi connectivity index (χ3n) is 2.55. The van der Waals surface area contributed by atoms with E-state index in [2.05, 4.69) is 37.2 Å². The third-order valence-corrected chi connectivity index (χ3v) is 4.70. The highest BCUT2D eigenvalue weighted by Gasteiger charge is 2.04. The molecule has 0 heterocycles. The molecule has 3 heteroatoms. The molecule has 0 fully saturated rings. The van der Waals surface area contributed by atoms with Crippen LogP contribution in [-0.2, 0) is 0 Å². The lowest BCUT2D eigenvalue weighted by molar-refractivity contribution is 0.300. The van der Waals surface area contributed by atoms with E-state index in [-0.39, 0.29) is 0 Å². The normalized spacial score (nSPS) is 13.6. The summed E-state index contributed by atoms with van der Waals surface area (Å²) in [5, 5.41) is 0. The summed E-state index contributed by atoms with van der Waals surface area (Å²) in [6.07, 6.45) is 2.74. The largest absolute Gasteiger partial charge is 0.328 e. The van der Waals surface area contributed by atoms with Crippen molar-refractivity contribution in [3.8, 4) is 0 Å². The standard InChI is InChI=1S/C10H26N2Si/c1-5-8-9-13(4)11-10-12(6-2)7-3/h11,13H,5-10H2,1-4H3. The van der Waals surface area contributed by atoms with Gasteiger partial charge in [-0.05, 0) is 19.1 Å². The van der Waals surface area contributed by atoms with Gasteiger partial charge in [0.25, 0.3) is 0 Å². The van der Waals surface area contributed by atoms with Crippen molar-refractivity contribution < 1.29 is 0 Å². The van der Waals surface area contributed by atoms with Gasteiger partial charge in [-0.25, -0.2) is 0 Å². The first-order valence-electron chi connectivity index (χ1n) is 5.70. The first-order valence-corrected chi connectivity index (χ1v) is 8.25. The average Bonchev–Trinajstić information content (AvgIpc) is 2.16. The minimum atomic E-state index is -0.595. The first-order chi connectivity index (χ1) is 6.24. The van der Waals surface area contributed by atoms with Crippen LogP contribution in [0.15, 0.2) is 0 Å². The minimum Gasteiger partial charge on any atom is -0.328 e. The van der Waals surface area contributed by atoms with Gasteiger partial charge in [-0.2, -0.15) is 0 Å². The minimum absolute atomic E-state index is 0.595. The monoisotopic (exact) mass is 202 g/mol. The Bertz CT molecular complexity index is 105. The number of rotatable bonds is 8. The van der Waals surface area contributed by atoms with Crippen molar-refractivity contribution in [2.45, 2.75) is 46.2 Å². The second-order valence-corrected chi connectivity index (χ2v) is 6.50. The lowest BCUT2D eigenvalue weighted by Crippen LogP contribution is -2.40. The summed E-state index contributed by atoms with van der Waals surface area (Å²) in [6.45, 7) is 12.6. The molecule has 1 N–H and O–H groups in total. The molecule has 13 heavy (non-hydrogen) atoms. The molecule has 0 amide bonds. The second-order valence-electron chi connectivity index (χ2n) is 3.71. The van der Waals surface area contributed by atoms with Crippen molar-refractivity contribution in [3.05, 3.63) is 0 Å². The average molecular weight is 202 g/mol. The van der Waals surface area contributed by atoms with Crippen molar-refractivity contribution in [1.29, 1.82) is 0 Å². The molecule has 1 unspecified atom stereocenters. The number of nitrogens with one attached hydrogen (secondary N) is 1. The van der Waals surface area contributed by atoms with E-state index in [1.807, 2.05) is 0 Å². The fraction of sp³-hybridized carbons (Fsp3) is 1.00. The highest BCUT2D eigenvalue weighted by Crippen LogP contribution is 1.98. The fourth-order valence-electron chi connectivity index (χ4n) is 1.34. The van der Waals surface area contributed by atoms with Crippen LogP contribution >= 0.6 is 0 Å². The number of hydrogen-bond donors (Lipinski definition) is 1. The van der Waals surface area contributed by atoms with Crippen LogP contribution in [0.25, 0.3) is 0 Å². The second kappa shape index (κ2) is 8.72. The van der Waals surface area contributed by atoms with Crippen LogP contribution in [0, 0.1) is 0 Å². The van der Waals surface area contributed by atoms with Crippen LogP contribution < -0.4 is 4.98 Å². The van der Waals surface area contributed by atoms with Crippen LogP contribution in [0.1, 0.15) is 33.6 Å². The summed E-state index contributed by atoms with van der Waals surface area (Å²) < 4.78 is 0. The Balaban J connectivity index is 3.38. The van der Waals surface area contributed by atoms with Crippen LogP contribution in [0.3, 0.4) is 0 Å². The predicted octanol–water partition coefficient (Wildman–Crippen LogP) is 2.03. The molecule has 0 aliphatic heterocycles. The Hall–Kier alpha value is 0.137. The molecular weight excluding hydrogens is 176 g/mol. The van der Waals surface area contributed by atoms with E-state index in [1.165, 1.54) is 32.0 Å².